The second-order valence-corrected chi connectivity index (χ2v) is 9.93. The highest BCUT2D eigenvalue weighted by Crippen LogP contribution is 2.37. The standard InChI is InChI=1S/C21H21F3N4O5S/c22-21(23,24)15-3-8-18(19(14-15)28(30)31)25-10-12-26(13-11-25)34(32,33)17-6-4-16(5-7-17)27-9-1-2-20(27)29/h3-8,14H,1-2,9-13H2. The highest BCUT2D eigenvalue weighted by molar-refractivity contribution is 7.89. The van der Waals surface area contributed by atoms with E-state index in [0.717, 1.165) is 18.6 Å². The monoisotopic (exact) mass is 498 g/mol. The first-order valence-electron chi connectivity index (χ1n) is 10.5. The van der Waals surface area contributed by atoms with Crippen molar-refractivity contribution >= 4 is 33.0 Å². The van der Waals surface area contributed by atoms with Crippen molar-refractivity contribution in [3.8, 4) is 0 Å². The van der Waals surface area contributed by atoms with Gasteiger partial charge in [-0.15, -0.1) is 0 Å². The van der Waals surface area contributed by atoms with Crippen molar-refractivity contribution in [1.29, 1.82) is 0 Å². The van der Waals surface area contributed by atoms with Crippen LogP contribution in [0.5, 0.6) is 0 Å². The Balaban J connectivity index is 1.48. The van der Waals surface area contributed by atoms with Gasteiger partial charge in [-0.1, -0.05) is 0 Å². The molecule has 13 heteroatoms. The number of rotatable bonds is 5. The number of carbonyl (C=O) groups is 1. The van der Waals surface area contributed by atoms with Crippen molar-refractivity contribution in [2.24, 2.45) is 0 Å². The summed E-state index contributed by atoms with van der Waals surface area (Å²) in [4.78, 5) is 25.5. The molecule has 0 aliphatic carbocycles. The zero-order valence-electron chi connectivity index (χ0n) is 17.9. The summed E-state index contributed by atoms with van der Waals surface area (Å²) in [7, 11) is -3.85. The largest absolute Gasteiger partial charge is 0.416 e. The van der Waals surface area contributed by atoms with Gasteiger partial charge >= 0.3 is 6.18 Å². The number of amides is 1. The first kappa shape index (κ1) is 24.0. The van der Waals surface area contributed by atoms with E-state index in [1.54, 1.807) is 17.0 Å². The van der Waals surface area contributed by atoms with E-state index in [1.165, 1.54) is 21.3 Å². The minimum Gasteiger partial charge on any atom is -0.363 e. The predicted molar refractivity (Wildman–Crippen MR) is 117 cm³/mol. The van der Waals surface area contributed by atoms with E-state index in [-0.39, 0.29) is 42.7 Å². The van der Waals surface area contributed by atoms with Crippen LogP contribution in [0.4, 0.5) is 30.2 Å². The molecule has 0 unspecified atom stereocenters. The summed E-state index contributed by atoms with van der Waals surface area (Å²) in [6.07, 6.45) is -3.50. The number of halogens is 3. The predicted octanol–water partition coefficient (Wildman–Crippen LogP) is 3.25. The Kier molecular flexibility index (Phi) is 6.25. The second-order valence-electron chi connectivity index (χ2n) is 7.99. The number of hydrogen-bond donors (Lipinski definition) is 0. The number of carbonyl (C=O) groups excluding carboxylic acids is 1. The maximum Gasteiger partial charge on any atom is 0.416 e. The summed E-state index contributed by atoms with van der Waals surface area (Å²) < 4.78 is 66.2. The fourth-order valence-corrected chi connectivity index (χ4v) is 5.57. The Hall–Kier alpha value is -3.19. The molecule has 2 aliphatic heterocycles. The van der Waals surface area contributed by atoms with Gasteiger partial charge in [0, 0.05) is 50.9 Å². The van der Waals surface area contributed by atoms with Gasteiger partial charge in [0.2, 0.25) is 15.9 Å². The lowest BCUT2D eigenvalue weighted by molar-refractivity contribution is -0.384. The van der Waals surface area contributed by atoms with Gasteiger partial charge in [-0.3, -0.25) is 14.9 Å². The Labute approximate surface area is 193 Å². The molecule has 4 rings (SSSR count). The van der Waals surface area contributed by atoms with Crippen LogP contribution >= 0.6 is 0 Å². The highest BCUT2D eigenvalue weighted by atomic mass is 32.2. The molecule has 2 aromatic carbocycles. The molecule has 0 saturated carbocycles. The smallest absolute Gasteiger partial charge is 0.363 e. The molecule has 182 valence electrons. The van der Waals surface area contributed by atoms with Crippen molar-refractivity contribution in [3.05, 3.63) is 58.1 Å². The highest BCUT2D eigenvalue weighted by Gasteiger charge is 2.35. The molecule has 9 nitrogen and oxygen atoms in total. The van der Waals surface area contributed by atoms with Gasteiger partial charge in [-0.05, 0) is 42.8 Å². The zero-order valence-corrected chi connectivity index (χ0v) is 18.7. The minimum atomic E-state index is -4.71. The van der Waals surface area contributed by atoms with Crippen molar-refractivity contribution in [2.75, 3.05) is 42.5 Å². The van der Waals surface area contributed by atoms with Gasteiger partial charge in [0.05, 0.1) is 15.4 Å². The Morgan fingerprint density at radius 2 is 1.59 bits per heavy atom. The van der Waals surface area contributed by atoms with Crippen molar-refractivity contribution in [1.82, 2.24) is 4.31 Å². The molecular weight excluding hydrogens is 477 g/mol. The van der Waals surface area contributed by atoms with E-state index in [1.807, 2.05) is 0 Å². The molecule has 0 N–H and O–H groups in total. The zero-order chi connectivity index (χ0) is 24.7. The minimum absolute atomic E-state index is 0.00682. The molecule has 0 aromatic heterocycles. The summed E-state index contributed by atoms with van der Waals surface area (Å²) in [5.41, 5.74) is -1.17. The summed E-state index contributed by atoms with van der Waals surface area (Å²) >= 11 is 0. The lowest BCUT2D eigenvalue weighted by Gasteiger charge is -2.35. The molecule has 2 saturated heterocycles. The average Bonchev–Trinajstić information content (AvgIpc) is 3.24. The average molecular weight is 498 g/mol. The number of anilines is 2. The Morgan fingerprint density at radius 1 is 0.941 bits per heavy atom. The molecule has 2 fully saturated rings. The van der Waals surface area contributed by atoms with Gasteiger partial charge in [0.25, 0.3) is 5.69 Å². The number of nitro benzene ring substituents is 1. The number of nitro groups is 1. The molecule has 0 bridgehead atoms. The van der Waals surface area contributed by atoms with Crippen molar-refractivity contribution in [2.45, 2.75) is 23.9 Å². The molecule has 2 aromatic rings. The lowest BCUT2D eigenvalue weighted by Crippen LogP contribution is -2.48. The normalized spacial score (nSPS) is 17.9. The summed E-state index contributed by atoms with van der Waals surface area (Å²) in [6, 6.07) is 8.34. The third-order valence-corrected chi connectivity index (χ3v) is 7.85. The number of piperazine rings is 1. The number of nitrogens with zero attached hydrogens (tertiary/aromatic N) is 4. The second kappa shape index (κ2) is 8.87. The van der Waals surface area contributed by atoms with Crippen LogP contribution < -0.4 is 9.80 Å². The number of hydrogen-bond acceptors (Lipinski definition) is 6. The van der Waals surface area contributed by atoms with Gasteiger partial charge in [0.15, 0.2) is 0 Å². The third kappa shape index (κ3) is 4.57. The summed E-state index contributed by atoms with van der Waals surface area (Å²) in [5.74, 6) is -0.0101. The van der Waals surface area contributed by atoms with Crippen LogP contribution in [0.15, 0.2) is 47.4 Å². The number of benzene rings is 2. The fraction of sp³-hybridized carbons (Fsp3) is 0.381. The molecule has 0 radical (unpaired) electrons. The van der Waals surface area contributed by atoms with Gasteiger partial charge in [-0.2, -0.15) is 17.5 Å². The number of sulfonamides is 1. The van der Waals surface area contributed by atoms with Crippen LogP contribution in [0.1, 0.15) is 18.4 Å². The van der Waals surface area contributed by atoms with E-state index < -0.39 is 32.4 Å². The van der Waals surface area contributed by atoms with E-state index in [4.69, 9.17) is 0 Å². The fourth-order valence-electron chi connectivity index (χ4n) is 4.15. The molecule has 2 aliphatic rings. The van der Waals surface area contributed by atoms with E-state index in [9.17, 15) is 36.5 Å². The quantitative estimate of drug-likeness (QED) is 0.463. The maximum atomic E-state index is 13.1. The van der Waals surface area contributed by atoms with E-state index in [0.29, 0.717) is 24.7 Å². The molecule has 1 amide bonds. The van der Waals surface area contributed by atoms with Crippen LogP contribution in [-0.4, -0.2) is 56.3 Å². The van der Waals surface area contributed by atoms with Gasteiger partial charge < -0.3 is 9.80 Å². The topological polar surface area (TPSA) is 104 Å². The van der Waals surface area contributed by atoms with E-state index >= 15 is 0 Å². The molecule has 0 atom stereocenters. The molecule has 2 heterocycles. The third-order valence-electron chi connectivity index (χ3n) is 5.94. The SMILES string of the molecule is O=C1CCCN1c1ccc(S(=O)(=O)N2CCN(c3ccc(C(F)(F)F)cc3[N+](=O)[O-])CC2)cc1. The van der Waals surface area contributed by atoms with Gasteiger partial charge in [0.1, 0.15) is 5.69 Å². The Morgan fingerprint density at radius 3 is 2.12 bits per heavy atom. The van der Waals surface area contributed by atoms with Gasteiger partial charge in [-0.25, -0.2) is 8.42 Å². The van der Waals surface area contributed by atoms with Crippen LogP contribution in [0.3, 0.4) is 0 Å². The summed E-state index contributed by atoms with van der Waals surface area (Å²) in [6.45, 7) is 0.750. The maximum absolute atomic E-state index is 13.1. The molecule has 34 heavy (non-hydrogen) atoms. The first-order valence-corrected chi connectivity index (χ1v) is 11.9. The van der Waals surface area contributed by atoms with Crippen molar-refractivity contribution in [3.63, 3.8) is 0 Å². The number of alkyl halides is 3. The van der Waals surface area contributed by atoms with E-state index in [2.05, 4.69) is 0 Å². The van der Waals surface area contributed by atoms with Crippen LogP contribution in [0.25, 0.3) is 0 Å². The lowest BCUT2D eigenvalue weighted by atomic mass is 10.1. The van der Waals surface area contributed by atoms with Crippen LogP contribution in [0.2, 0.25) is 0 Å². The first-order chi connectivity index (χ1) is 16.0. The molecular formula is C21H21F3N4O5S. The summed E-state index contributed by atoms with van der Waals surface area (Å²) in [5, 5.41) is 11.4. The molecule has 0 spiro atoms. The van der Waals surface area contributed by atoms with Crippen LogP contribution in [0, 0.1) is 10.1 Å². The van der Waals surface area contributed by atoms with Crippen LogP contribution in [-0.2, 0) is 21.0 Å². The van der Waals surface area contributed by atoms with Crippen molar-refractivity contribution < 1.29 is 31.3 Å². The Bertz CT molecular complexity index is 1210.